The van der Waals surface area contributed by atoms with Crippen LogP contribution in [0, 0.1) is 0 Å². The summed E-state index contributed by atoms with van der Waals surface area (Å²) in [5, 5.41) is 5.34. The number of carbonyl (C=O) groups excluding carboxylic acids is 3. The zero-order valence-corrected chi connectivity index (χ0v) is 14.2. The maximum Gasteiger partial charge on any atom is 0.339 e. The average Bonchev–Trinajstić information content (AvgIpc) is 2.53. The molecule has 23 heavy (non-hydrogen) atoms. The minimum atomic E-state index is -0.552. The summed E-state index contributed by atoms with van der Waals surface area (Å²) in [7, 11) is 4.39. The molecule has 7 nitrogen and oxygen atoms in total. The van der Waals surface area contributed by atoms with Gasteiger partial charge in [0, 0.05) is 32.2 Å². The summed E-state index contributed by atoms with van der Waals surface area (Å²) in [6.45, 7) is 1.77. The summed E-state index contributed by atoms with van der Waals surface area (Å²) in [5.74, 6) is -0.702. The molecule has 8 heteroatoms. The van der Waals surface area contributed by atoms with Crippen molar-refractivity contribution in [3.8, 4) is 0 Å². The van der Waals surface area contributed by atoms with Crippen molar-refractivity contribution in [2.24, 2.45) is 0 Å². The maximum atomic E-state index is 12.2. The van der Waals surface area contributed by atoms with Gasteiger partial charge in [0.05, 0.1) is 17.7 Å². The Morgan fingerprint density at radius 3 is 2.52 bits per heavy atom. The van der Waals surface area contributed by atoms with Gasteiger partial charge in [0.2, 0.25) is 5.91 Å². The molecule has 1 aromatic rings. The molecule has 1 rings (SSSR count). The predicted octanol–water partition coefficient (Wildman–Crippen LogP) is 2.11. The molecule has 3 amide bonds. The van der Waals surface area contributed by atoms with Crippen LogP contribution in [0.25, 0.3) is 0 Å². The van der Waals surface area contributed by atoms with Gasteiger partial charge in [-0.1, -0.05) is 11.6 Å². The highest BCUT2D eigenvalue weighted by Gasteiger charge is 2.19. The normalized spacial score (nSPS) is 11.3. The van der Waals surface area contributed by atoms with Crippen molar-refractivity contribution >= 4 is 35.2 Å². The summed E-state index contributed by atoms with van der Waals surface area (Å²) >= 11 is 6.00. The molecule has 0 fully saturated rings. The number of rotatable bonds is 5. The molecule has 0 aliphatic carbocycles. The SMILES string of the molecule is CNC(=O)C[C@H](C)N(C)C(=O)Nc1ccc(C(=O)OC)c(Cl)c1. The minimum Gasteiger partial charge on any atom is -0.465 e. The third-order valence-electron chi connectivity index (χ3n) is 3.37. The van der Waals surface area contributed by atoms with E-state index in [4.69, 9.17) is 11.6 Å². The van der Waals surface area contributed by atoms with Gasteiger partial charge in [0.1, 0.15) is 0 Å². The lowest BCUT2D eigenvalue weighted by molar-refractivity contribution is -0.121. The van der Waals surface area contributed by atoms with Crippen LogP contribution in [0.5, 0.6) is 0 Å². The topological polar surface area (TPSA) is 87.7 Å². The molecule has 0 saturated carbocycles. The molecule has 2 N–H and O–H groups in total. The van der Waals surface area contributed by atoms with Gasteiger partial charge in [0.25, 0.3) is 0 Å². The molecule has 0 spiro atoms. The third-order valence-corrected chi connectivity index (χ3v) is 3.68. The largest absolute Gasteiger partial charge is 0.465 e. The van der Waals surface area contributed by atoms with Crippen molar-refractivity contribution in [3.05, 3.63) is 28.8 Å². The molecule has 0 bridgehead atoms. The monoisotopic (exact) mass is 341 g/mol. The van der Waals surface area contributed by atoms with Crippen molar-refractivity contribution in [3.63, 3.8) is 0 Å². The standard InChI is InChI=1S/C15H20ClN3O4/c1-9(7-13(20)17-2)19(3)15(22)18-10-5-6-11(12(16)8-10)14(21)23-4/h5-6,8-9H,7H2,1-4H3,(H,17,20)(H,18,22)/t9-/m0/s1. The number of carbonyl (C=O) groups is 3. The third kappa shape index (κ3) is 5.14. The lowest BCUT2D eigenvalue weighted by Crippen LogP contribution is -2.40. The van der Waals surface area contributed by atoms with Crippen molar-refractivity contribution in [1.82, 2.24) is 10.2 Å². The van der Waals surface area contributed by atoms with Gasteiger partial charge in [-0.3, -0.25) is 4.79 Å². The van der Waals surface area contributed by atoms with Crippen LogP contribution in [-0.4, -0.2) is 50.1 Å². The highest BCUT2D eigenvalue weighted by molar-refractivity contribution is 6.33. The molecular weight excluding hydrogens is 322 g/mol. The zero-order chi connectivity index (χ0) is 17.6. The van der Waals surface area contributed by atoms with Crippen molar-refractivity contribution in [2.75, 3.05) is 26.5 Å². The first-order valence-corrected chi connectivity index (χ1v) is 7.30. The van der Waals surface area contributed by atoms with Crippen molar-refractivity contribution in [1.29, 1.82) is 0 Å². The second-order valence-electron chi connectivity index (χ2n) is 4.95. The molecule has 0 aromatic heterocycles. The summed E-state index contributed by atoms with van der Waals surface area (Å²) in [6, 6.07) is 3.82. The number of nitrogens with one attached hydrogen (secondary N) is 2. The van der Waals surface area contributed by atoms with Gasteiger partial charge in [-0.25, -0.2) is 9.59 Å². The molecule has 1 atom stereocenters. The van der Waals surface area contributed by atoms with Crippen LogP contribution >= 0.6 is 11.6 Å². The second kappa shape index (κ2) is 8.38. The van der Waals surface area contributed by atoms with E-state index in [1.165, 1.54) is 24.1 Å². The van der Waals surface area contributed by atoms with E-state index in [0.717, 1.165) is 0 Å². The summed E-state index contributed by atoms with van der Waals surface area (Å²) in [6.07, 6.45) is 0.197. The molecule has 0 heterocycles. The molecule has 0 unspecified atom stereocenters. The highest BCUT2D eigenvalue weighted by atomic mass is 35.5. The van der Waals surface area contributed by atoms with Crippen LogP contribution in [0.1, 0.15) is 23.7 Å². The van der Waals surface area contributed by atoms with Crippen LogP contribution in [-0.2, 0) is 9.53 Å². The molecule has 0 aliphatic rings. The first-order valence-electron chi connectivity index (χ1n) is 6.92. The molecule has 1 aromatic carbocycles. The maximum absolute atomic E-state index is 12.2. The lowest BCUT2D eigenvalue weighted by atomic mass is 10.2. The number of hydrogen-bond acceptors (Lipinski definition) is 4. The van der Waals surface area contributed by atoms with Gasteiger partial charge in [-0.2, -0.15) is 0 Å². The number of benzene rings is 1. The fourth-order valence-corrected chi connectivity index (χ4v) is 2.05. The predicted molar refractivity (Wildman–Crippen MR) is 87.7 cm³/mol. The van der Waals surface area contributed by atoms with E-state index in [0.29, 0.717) is 5.69 Å². The number of esters is 1. The van der Waals surface area contributed by atoms with Gasteiger partial charge >= 0.3 is 12.0 Å². The Morgan fingerprint density at radius 1 is 1.35 bits per heavy atom. The smallest absolute Gasteiger partial charge is 0.339 e. The van der Waals surface area contributed by atoms with Gasteiger partial charge in [-0.15, -0.1) is 0 Å². The Hall–Kier alpha value is -2.28. The van der Waals surface area contributed by atoms with Crippen LogP contribution in [0.2, 0.25) is 5.02 Å². The van der Waals surface area contributed by atoms with Gasteiger partial charge in [0.15, 0.2) is 0 Å². The quantitative estimate of drug-likeness (QED) is 0.803. The van der Waals surface area contributed by atoms with E-state index in [1.54, 1.807) is 27.1 Å². The summed E-state index contributed by atoms with van der Waals surface area (Å²) in [4.78, 5) is 36.4. The van der Waals surface area contributed by atoms with E-state index < -0.39 is 5.97 Å². The Bertz CT molecular complexity index is 606. The number of ether oxygens (including phenoxy) is 1. The fraction of sp³-hybridized carbons (Fsp3) is 0.400. The number of methoxy groups -OCH3 is 1. The van der Waals surface area contributed by atoms with E-state index in [1.807, 2.05) is 0 Å². The van der Waals surface area contributed by atoms with Crippen molar-refractivity contribution in [2.45, 2.75) is 19.4 Å². The molecular formula is C15H20ClN3O4. The van der Waals surface area contributed by atoms with Crippen LogP contribution in [0.3, 0.4) is 0 Å². The number of amides is 3. The summed E-state index contributed by atoms with van der Waals surface area (Å²) < 4.78 is 4.60. The molecule has 0 radical (unpaired) electrons. The molecule has 126 valence electrons. The van der Waals surface area contributed by atoms with E-state index >= 15 is 0 Å². The van der Waals surface area contributed by atoms with E-state index in [2.05, 4.69) is 15.4 Å². The first kappa shape index (κ1) is 18.8. The van der Waals surface area contributed by atoms with Crippen LogP contribution < -0.4 is 10.6 Å². The van der Waals surface area contributed by atoms with Gasteiger partial charge < -0.3 is 20.3 Å². The van der Waals surface area contributed by atoms with Gasteiger partial charge in [-0.05, 0) is 25.1 Å². The Kier molecular flexibility index (Phi) is 6.84. The Balaban J connectivity index is 2.75. The number of hydrogen-bond donors (Lipinski definition) is 2. The average molecular weight is 342 g/mol. The first-order chi connectivity index (χ1) is 10.8. The Morgan fingerprint density at radius 2 is 2.00 bits per heavy atom. The molecule has 0 aliphatic heterocycles. The zero-order valence-electron chi connectivity index (χ0n) is 13.5. The summed E-state index contributed by atoms with van der Waals surface area (Å²) in [5.41, 5.74) is 0.653. The van der Waals surface area contributed by atoms with Crippen LogP contribution in [0.4, 0.5) is 10.5 Å². The minimum absolute atomic E-state index is 0.150. The number of nitrogens with zero attached hydrogens (tertiary/aromatic N) is 1. The lowest BCUT2D eigenvalue weighted by Gasteiger charge is -2.24. The number of halogens is 1. The number of urea groups is 1. The highest BCUT2D eigenvalue weighted by Crippen LogP contribution is 2.22. The Labute approximate surface area is 139 Å². The molecule has 0 saturated heterocycles. The fourth-order valence-electron chi connectivity index (χ4n) is 1.79. The van der Waals surface area contributed by atoms with E-state index in [-0.39, 0.29) is 35.0 Å². The number of anilines is 1. The van der Waals surface area contributed by atoms with Crippen molar-refractivity contribution < 1.29 is 19.1 Å². The second-order valence-corrected chi connectivity index (χ2v) is 5.36. The van der Waals surface area contributed by atoms with Crippen LogP contribution in [0.15, 0.2) is 18.2 Å². The van der Waals surface area contributed by atoms with E-state index in [9.17, 15) is 14.4 Å².